The number of pyridine rings is 3. The molecule has 134 heavy (non-hydrogen) atoms. The molecule has 6 aliphatic heterocycles. The van der Waals surface area contributed by atoms with Crippen LogP contribution in [0.5, 0.6) is 17.2 Å². The highest BCUT2D eigenvalue weighted by molar-refractivity contribution is 6.36. The van der Waals surface area contributed by atoms with Gasteiger partial charge in [-0.2, -0.15) is 55.3 Å². The molecular formula is C90H77Cl3F15N17O9. The van der Waals surface area contributed by atoms with Crippen molar-refractivity contribution in [3.8, 4) is 68.8 Å². The maximum atomic E-state index is 15.1. The minimum Gasteiger partial charge on any atom is -0.488 e. The van der Waals surface area contributed by atoms with Crippen molar-refractivity contribution in [1.82, 2.24) is 53.2 Å². The Balaban J connectivity index is 0.000000162. The molecule has 16 rings (SSSR count). The zero-order valence-electron chi connectivity index (χ0n) is 71.2. The van der Waals surface area contributed by atoms with Crippen LogP contribution in [-0.2, 0) is 20.9 Å². The highest BCUT2D eigenvalue weighted by Gasteiger charge is 2.45. The number of hydrogen-bond donors (Lipinski definition) is 0. The maximum absolute atomic E-state index is 15.1. The number of nitriles is 3. The van der Waals surface area contributed by atoms with Gasteiger partial charge in [0.25, 0.3) is 16.7 Å². The van der Waals surface area contributed by atoms with Gasteiger partial charge in [0, 0.05) is 164 Å². The molecule has 0 spiro atoms. The average Bonchev–Trinajstić information content (AvgIpc) is 0.728. The van der Waals surface area contributed by atoms with E-state index in [0.29, 0.717) is 48.4 Å². The molecule has 0 radical (unpaired) electrons. The molecule has 0 bridgehead atoms. The monoisotopic (exact) mass is 1930 g/mol. The number of alkyl halides is 9. The molecule has 6 atom stereocenters. The maximum Gasteiger partial charge on any atom is 0.401 e. The number of carbonyl (C=O) groups is 3. The van der Waals surface area contributed by atoms with Crippen LogP contribution in [0.1, 0.15) is 55.6 Å². The predicted molar refractivity (Wildman–Crippen MR) is 466 cm³/mol. The Kier molecular flexibility index (Phi) is 27.7. The van der Waals surface area contributed by atoms with E-state index in [0.717, 1.165) is 45.9 Å². The fourth-order valence-electron chi connectivity index (χ4n) is 18.3. The largest absolute Gasteiger partial charge is 0.488 e. The molecular weight excluding hydrogens is 1850 g/mol. The number of carbonyl (C=O) groups excluding carboxylic acids is 3. The number of anilines is 3. The fourth-order valence-corrected chi connectivity index (χ4v) is 19.2. The fraction of sp³-hybridized carbons (Fsp3) is 0.344. The second-order valence-corrected chi connectivity index (χ2v) is 33.8. The number of rotatable bonds is 18. The van der Waals surface area contributed by atoms with Crippen molar-refractivity contribution in [2.45, 2.75) is 82.1 Å². The summed E-state index contributed by atoms with van der Waals surface area (Å²) in [6.07, 6.45) is -7.85. The number of likely N-dealkylation sites (N-methyl/N-ethyl adjacent to an activating group) is 1. The van der Waals surface area contributed by atoms with Gasteiger partial charge in [0.05, 0.1) is 99.2 Å². The first-order chi connectivity index (χ1) is 63.4. The van der Waals surface area contributed by atoms with Gasteiger partial charge < -0.3 is 43.6 Å². The van der Waals surface area contributed by atoms with Crippen LogP contribution in [-0.4, -0.2) is 226 Å². The Bertz CT molecular complexity index is 6760. The zero-order valence-corrected chi connectivity index (χ0v) is 73.5. The quantitative estimate of drug-likeness (QED) is 0.0570. The van der Waals surface area contributed by atoms with Crippen LogP contribution < -0.4 is 45.6 Å². The van der Waals surface area contributed by atoms with E-state index in [1.54, 1.807) is 43.5 Å². The minimum atomic E-state index is -5.04. The van der Waals surface area contributed by atoms with Gasteiger partial charge in [-0.05, 0) is 101 Å². The summed E-state index contributed by atoms with van der Waals surface area (Å²) in [4.78, 5) is 90.5. The lowest BCUT2D eigenvalue weighted by Gasteiger charge is -2.42. The Hall–Kier alpha value is -13.3. The molecule has 3 saturated heterocycles. The standard InChI is InChI=1S/C31H26ClF8N5O3.C30H27ClF5N5O3.C29H24ClF2N7O3/c1-3-24(46)43-6-7-44(16(2)11-43)26-20-9-22(32)25(19-5-4-17(33)8-23(19)34)28-27(20)45(29(47)21(26)10-41)18(13-48-28)12-42(14-30(35,36)37)15-31(38,39)40;1-4-24(42)39-7-8-40(16(2)12-39)26-20-10-22(31)25(19-6-5-17(32)9-23(19)33)28-27(20)41(29(43)21(26)11-37)18(14-44-28)13-38(3)15-30(34,35)36;1-3-24(40)36-8-9-38(16(2)13-36)26-20-11-22(30)25(19-5-4-17(31)10-23(19)32)28-27(20)39(29(41)21(26)12-33)18(15-42-28)14-37-7-6-34-35-37/h3-5,8-9,16,18H,1,6-7,11-15H2,2H3;4-6,9-10,16,18H,1,7-8,12-15H2,2-3H3;3-7,10-11,16,18H,1,8-9,13-15H2,2H3/t3*16-,18?/m000/s1. The third-order valence-corrected chi connectivity index (χ3v) is 24.6. The van der Waals surface area contributed by atoms with Crippen LogP contribution in [0.3, 0.4) is 0 Å². The average molecular weight is 1930 g/mol. The zero-order chi connectivity index (χ0) is 97.1. The van der Waals surface area contributed by atoms with Crippen molar-refractivity contribution >= 4 is 102 Å². The van der Waals surface area contributed by atoms with Crippen LogP contribution in [0.15, 0.2) is 138 Å². The molecule has 702 valence electrons. The SMILES string of the molecule is C=CC(=O)N1CCN(c2c(C#N)c(=O)n3c4c(c(-c5ccc(F)cc5F)c(Cl)cc24)OCC3CN(C)CC(F)(F)F)[C@@H](C)C1.C=CC(=O)N1CCN(c2c(C#N)c(=O)n3c4c(c(-c5ccc(F)cc5F)c(Cl)cc24)OCC3CN(CC(F)(F)F)CC(F)(F)F)[C@@H](C)C1.C=CC(=O)N1CCN(c2c(C#N)c(=O)n3c4c(c(-c5ccc(F)cc5F)c(Cl)cc24)OCC3Cn2ccnn2)[C@@H](C)C1. The molecule has 26 nitrogen and oxygen atoms in total. The number of ether oxygens (including phenoxy) is 3. The molecule has 3 amide bonds. The molecule has 6 aromatic carbocycles. The van der Waals surface area contributed by atoms with E-state index in [4.69, 9.17) is 49.0 Å². The van der Waals surface area contributed by atoms with Crippen LogP contribution in [0.2, 0.25) is 15.1 Å². The van der Waals surface area contributed by atoms with E-state index in [2.05, 4.69) is 36.1 Å². The second-order valence-electron chi connectivity index (χ2n) is 32.6. The van der Waals surface area contributed by atoms with Gasteiger partial charge >= 0.3 is 18.5 Å². The first kappa shape index (κ1) is 96.8. The highest BCUT2D eigenvalue weighted by atomic mass is 35.5. The normalized spacial score (nSPS) is 18.2. The van der Waals surface area contributed by atoms with Crippen molar-refractivity contribution in [2.24, 2.45) is 0 Å². The lowest BCUT2D eigenvalue weighted by atomic mass is 9.96. The lowest BCUT2D eigenvalue weighted by Crippen LogP contribution is -2.54. The topological polar surface area (TPSA) is 273 Å². The van der Waals surface area contributed by atoms with E-state index in [-0.39, 0.29) is 210 Å². The van der Waals surface area contributed by atoms with E-state index >= 15 is 13.2 Å². The number of hydrogen-bond acceptors (Lipinski definition) is 19. The van der Waals surface area contributed by atoms with Crippen molar-refractivity contribution in [3.63, 3.8) is 0 Å². The van der Waals surface area contributed by atoms with Crippen molar-refractivity contribution in [1.29, 1.82) is 15.8 Å². The van der Waals surface area contributed by atoms with Crippen LogP contribution in [0.4, 0.5) is 82.9 Å². The van der Waals surface area contributed by atoms with E-state index in [1.807, 2.05) is 30.9 Å². The molecule has 3 unspecified atom stereocenters. The third-order valence-electron chi connectivity index (χ3n) is 23.7. The van der Waals surface area contributed by atoms with Crippen LogP contribution in [0, 0.1) is 68.9 Å². The van der Waals surface area contributed by atoms with E-state index < -0.39 is 133 Å². The Morgan fingerprint density at radius 2 is 0.791 bits per heavy atom. The van der Waals surface area contributed by atoms with Gasteiger partial charge in [0.15, 0.2) is 17.2 Å². The molecule has 0 aliphatic carbocycles. The minimum absolute atomic E-state index is 0.00264. The van der Waals surface area contributed by atoms with Gasteiger partial charge in [0.2, 0.25) is 17.7 Å². The number of aromatic nitrogens is 6. The first-order valence-corrected chi connectivity index (χ1v) is 42.3. The van der Waals surface area contributed by atoms with Gasteiger partial charge in [0.1, 0.15) is 89.6 Å². The van der Waals surface area contributed by atoms with Crippen LogP contribution >= 0.6 is 34.8 Å². The number of piperazine rings is 3. The summed E-state index contributed by atoms with van der Waals surface area (Å²) in [5.41, 5.74) is -2.67. The van der Waals surface area contributed by atoms with Crippen molar-refractivity contribution in [2.75, 3.05) is 133 Å². The molecule has 0 N–H and O–H groups in total. The molecule has 3 fully saturated rings. The van der Waals surface area contributed by atoms with Crippen molar-refractivity contribution < 1.29 is 94.5 Å². The third kappa shape index (κ3) is 19.1. The summed E-state index contributed by atoms with van der Waals surface area (Å²) in [6, 6.07) is 14.6. The highest BCUT2D eigenvalue weighted by Crippen LogP contribution is 2.53. The number of nitrogens with zero attached hydrogens (tertiary/aromatic N) is 17. The molecule has 6 aliphatic rings. The van der Waals surface area contributed by atoms with Gasteiger partial charge in [-0.1, -0.05) is 59.8 Å². The van der Waals surface area contributed by atoms with Gasteiger partial charge in [-0.15, -0.1) is 5.10 Å². The Morgan fingerprint density at radius 1 is 0.478 bits per heavy atom. The Morgan fingerprint density at radius 3 is 1.07 bits per heavy atom. The summed E-state index contributed by atoms with van der Waals surface area (Å²) >= 11 is 20.2. The summed E-state index contributed by atoms with van der Waals surface area (Å²) in [6.45, 7) is 10.9. The van der Waals surface area contributed by atoms with E-state index in [1.165, 1.54) is 63.7 Å². The lowest BCUT2D eigenvalue weighted by molar-refractivity contribution is -0.181. The Labute approximate surface area is 766 Å². The second kappa shape index (κ2) is 38.4. The van der Waals surface area contributed by atoms with Gasteiger partial charge in [-0.25, -0.2) is 26.3 Å². The number of benzene rings is 6. The summed E-state index contributed by atoms with van der Waals surface area (Å²) in [7, 11) is 1.25. The van der Waals surface area contributed by atoms with Crippen LogP contribution in [0.25, 0.3) is 66.1 Å². The first-order valence-electron chi connectivity index (χ1n) is 41.2. The number of halogens is 18. The summed E-state index contributed by atoms with van der Waals surface area (Å²) in [5.74, 6) is -6.32. The number of amides is 3. The van der Waals surface area contributed by atoms with Gasteiger partial charge in [-0.3, -0.25) is 57.0 Å². The van der Waals surface area contributed by atoms with Crippen molar-refractivity contribution in [3.05, 3.63) is 221 Å². The molecule has 10 heterocycles. The summed E-state index contributed by atoms with van der Waals surface area (Å²) in [5, 5.41) is 39.4. The summed E-state index contributed by atoms with van der Waals surface area (Å²) < 4.78 is 230. The van der Waals surface area contributed by atoms with E-state index in [9.17, 15) is 97.2 Å². The smallest absolute Gasteiger partial charge is 0.401 e. The predicted octanol–water partition coefficient (Wildman–Crippen LogP) is 15.1. The molecule has 0 saturated carbocycles. The molecule has 4 aromatic heterocycles. The molecule has 44 heteroatoms. The molecule has 10 aromatic rings.